The maximum atomic E-state index is 5.43. The van der Waals surface area contributed by atoms with Crippen molar-refractivity contribution in [1.29, 1.82) is 0 Å². The number of nitrogens with one attached hydrogen (secondary N) is 1. The first-order valence-electron chi connectivity index (χ1n) is 6.88. The van der Waals surface area contributed by atoms with Crippen LogP contribution in [0.15, 0.2) is 6.07 Å². The summed E-state index contributed by atoms with van der Waals surface area (Å²) < 4.78 is 0. The van der Waals surface area contributed by atoms with E-state index < -0.39 is 0 Å². The van der Waals surface area contributed by atoms with Gasteiger partial charge in [0.2, 0.25) is 0 Å². The van der Waals surface area contributed by atoms with Gasteiger partial charge in [0.05, 0.1) is 0 Å². The van der Waals surface area contributed by atoms with Crippen LogP contribution < -0.4 is 16.2 Å². The Hall–Kier alpha value is -1.40. The monoisotopic (exact) mass is 264 g/mol. The molecule has 0 amide bonds. The molecule has 1 fully saturated rings. The van der Waals surface area contributed by atoms with Gasteiger partial charge in [-0.15, -0.1) is 0 Å². The molecule has 6 heteroatoms. The predicted molar refractivity (Wildman–Crippen MR) is 78.1 cm³/mol. The summed E-state index contributed by atoms with van der Waals surface area (Å²) in [5, 5.41) is 0. The highest BCUT2D eigenvalue weighted by atomic mass is 15.3. The van der Waals surface area contributed by atoms with Gasteiger partial charge >= 0.3 is 0 Å². The van der Waals surface area contributed by atoms with Crippen LogP contribution in [0, 0.1) is 12.8 Å². The Morgan fingerprint density at radius 3 is 2.53 bits per heavy atom. The van der Waals surface area contributed by atoms with Gasteiger partial charge in [0, 0.05) is 38.8 Å². The fraction of sp³-hybridized carbons (Fsp3) is 0.692. The molecule has 2 heterocycles. The molecular weight excluding hydrogens is 240 g/mol. The molecule has 2 rings (SSSR count). The molecule has 19 heavy (non-hydrogen) atoms. The van der Waals surface area contributed by atoms with Gasteiger partial charge in [0.25, 0.3) is 0 Å². The molecule has 0 atom stereocenters. The van der Waals surface area contributed by atoms with Crippen molar-refractivity contribution < 1.29 is 0 Å². The molecule has 0 aromatic carbocycles. The minimum Gasteiger partial charge on any atom is -0.354 e. The SMILES string of the molecule is Cc1nc(NN)cc(N2CCN(CC(C)C)CC2)n1. The summed E-state index contributed by atoms with van der Waals surface area (Å²) in [5.74, 6) is 8.53. The highest BCUT2D eigenvalue weighted by molar-refractivity contribution is 5.49. The van der Waals surface area contributed by atoms with E-state index in [1.54, 1.807) is 0 Å². The number of anilines is 2. The van der Waals surface area contributed by atoms with Crippen molar-refractivity contribution in [2.75, 3.05) is 43.0 Å². The van der Waals surface area contributed by atoms with Crippen LogP contribution >= 0.6 is 0 Å². The van der Waals surface area contributed by atoms with Crippen LogP contribution in [0.2, 0.25) is 0 Å². The lowest BCUT2D eigenvalue weighted by Gasteiger charge is -2.36. The summed E-state index contributed by atoms with van der Waals surface area (Å²) in [5.41, 5.74) is 2.59. The van der Waals surface area contributed by atoms with Gasteiger partial charge in [-0.1, -0.05) is 13.8 Å². The van der Waals surface area contributed by atoms with Gasteiger partial charge < -0.3 is 10.3 Å². The zero-order valence-electron chi connectivity index (χ0n) is 12.1. The fourth-order valence-electron chi connectivity index (χ4n) is 2.46. The first kappa shape index (κ1) is 14.0. The third-order valence-electron chi connectivity index (χ3n) is 3.29. The molecule has 6 nitrogen and oxygen atoms in total. The smallest absolute Gasteiger partial charge is 0.145 e. The topological polar surface area (TPSA) is 70.3 Å². The molecule has 0 unspecified atom stereocenters. The second-order valence-electron chi connectivity index (χ2n) is 5.48. The molecule has 3 N–H and O–H groups in total. The van der Waals surface area contributed by atoms with Crippen molar-refractivity contribution >= 4 is 11.6 Å². The van der Waals surface area contributed by atoms with Gasteiger partial charge in [0.15, 0.2) is 0 Å². The molecule has 0 radical (unpaired) electrons. The number of nitrogen functional groups attached to an aromatic ring is 1. The van der Waals surface area contributed by atoms with Crippen LogP contribution in [0.1, 0.15) is 19.7 Å². The minimum atomic E-state index is 0.673. The number of hydrogen-bond acceptors (Lipinski definition) is 6. The highest BCUT2D eigenvalue weighted by Crippen LogP contribution is 2.17. The van der Waals surface area contributed by atoms with E-state index in [0.717, 1.165) is 43.7 Å². The molecule has 0 aliphatic carbocycles. The Kier molecular flexibility index (Phi) is 4.55. The number of nitrogens with zero attached hydrogens (tertiary/aromatic N) is 4. The zero-order valence-corrected chi connectivity index (χ0v) is 12.1. The molecule has 106 valence electrons. The summed E-state index contributed by atoms with van der Waals surface area (Å²) in [7, 11) is 0. The third-order valence-corrected chi connectivity index (χ3v) is 3.29. The summed E-state index contributed by atoms with van der Waals surface area (Å²) in [4.78, 5) is 13.5. The lowest BCUT2D eigenvalue weighted by molar-refractivity contribution is 0.231. The van der Waals surface area contributed by atoms with Gasteiger partial charge in [-0.25, -0.2) is 15.8 Å². The van der Waals surface area contributed by atoms with Crippen LogP contribution in [0.3, 0.4) is 0 Å². The van der Waals surface area contributed by atoms with Gasteiger partial charge in [0.1, 0.15) is 17.5 Å². The number of aryl methyl sites for hydroxylation is 1. The van der Waals surface area contributed by atoms with Gasteiger partial charge in [-0.2, -0.15) is 0 Å². The Labute approximate surface area is 115 Å². The molecular formula is C13H24N6. The number of aromatic nitrogens is 2. The number of rotatable bonds is 4. The Morgan fingerprint density at radius 2 is 1.95 bits per heavy atom. The van der Waals surface area contributed by atoms with Crippen molar-refractivity contribution in [1.82, 2.24) is 14.9 Å². The lowest BCUT2D eigenvalue weighted by atomic mass is 10.2. The number of hydrogen-bond donors (Lipinski definition) is 2. The first-order valence-corrected chi connectivity index (χ1v) is 6.88. The normalized spacial score (nSPS) is 17.0. The van der Waals surface area contributed by atoms with E-state index in [0.29, 0.717) is 5.82 Å². The maximum Gasteiger partial charge on any atom is 0.145 e. The summed E-state index contributed by atoms with van der Waals surface area (Å²) >= 11 is 0. The van der Waals surface area contributed by atoms with E-state index in [4.69, 9.17) is 5.84 Å². The molecule has 0 spiro atoms. The van der Waals surface area contributed by atoms with Crippen molar-refractivity contribution in [2.45, 2.75) is 20.8 Å². The number of nitrogens with two attached hydrogens (primary N) is 1. The van der Waals surface area contributed by atoms with Crippen molar-refractivity contribution in [3.63, 3.8) is 0 Å². The molecule has 1 saturated heterocycles. The van der Waals surface area contributed by atoms with Gasteiger partial charge in [-0.3, -0.25) is 4.90 Å². The van der Waals surface area contributed by atoms with E-state index in [-0.39, 0.29) is 0 Å². The lowest BCUT2D eigenvalue weighted by Crippen LogP contribution is -2.47. The Morgan fingerprint density at radius 1 is 1.26 bits per heavy atom. The average molecular weight is 264 g/mol. The van der Waals surface area contributed by atoms with E-state index in [2.05, 4.69) is 39.0 Å². The summed E-state index contributed by atoms with van der Waals surface area (Å²) in [6, 6.07) is 1.91. The quantitative estimate of drug-likeness (QED) is 0.620. The van der Waals surface area contributed by atoms with E-state index in [1.807, 2.05) is 13.0 Å². The van der Waals surface area contributed by atoms with Crippen LogP contribution in [0.4, 0.5) is 11.6 Å². The van der Waals surface area contributed by atoms with Crippen LogP contribution in [0.5, 0.6) is 0 Å². The molecule has 0 saturated carbocycles. The van der Waals surface area contributed by atoms with Crippen molar-refractivity contribution in [3.05, 3.63) is 11.9 Å². The highest BCUT2D eigenvalue weighted by Gasteiger charge is 2.19. The van der Waals surface area contributed by atoms with E-state index >= 15 is 0 Å². The van der Waals surface area contributed by atoms with Crippen LogP contribution in [0.25, 0.3) is 0 Å². The maximum absolute atomic E-state index is 5.43. The first-order chi connectivity index (χ1) is 9.08. The second-order valence-corrected chi connectivity index (χ2v) is 5.48. The van der Waals surface area contributed by atoms with Gasteiger partial charge in [-0.05, 0) is 12.8 Å². The van der Waals surface area contributed by atoms with Crippen LogP contribution in [-0.4, -0.2) is 47.6 Å². The van der Waals surface area contributed by atoms with Crippen molar-refractivity contribution in [2.24, 2.45) is 11.8 Å². The van der Waals surface area contributed by atoms with Crippen molar-refractivity contribution in [3.8, 4) is 0 Å². The molecule has 1 aromatic rings. The predicted octanol–water partition coefficient (Wildman–Crippen LogP) is 0.849. The molecule has 1 aliphatic rings. The summed E-state index contributed by atoms with van der Waals surface area (Å²) in [6.45, 7) is 11.8. The largest absolute Gasteiger partial charge is 0.354 e. The molecule has 0 bridgehead atoms. The molecule has 1 aliphatic heterocycles. The standard InChI is InChI=1S/C13H24N6/c1-10(2)9-18-4-6-19(7-5-18)13-8-12(17-14)15-11(3)16-13/h8,10H,4-7,9,14H2,1-3H3,(H,15,16,17). The van der Waals surface area contributed by atoms with E-state index in [9.17, 15) is 0 Å². The summed E-state index contributed by atoms with van der Waals surface area (Å²) in [6.07, 6.45) is 0. The Bertz CT molecular complexity index is 412. The van der Waals surface area contributed by atoms with E-state index in [1.165, 1.54) is 6.54 Å². The van der Waals surface area contributed by atoms with Crippen LogP contribution in [-0.2, 0) is 0 Å². The third kappa shape index (κ3) is 3.78. The minimum absolute atomic E-state index is 0.673. The Balaban J connectivity index is 1.99. The zero-order chi connectivity index (χ0) is 13.8. The molecule has 1 aromatic heterocycles. The number of piperazine rings is 1. The average Bonchev–Trinajstić information content (AvgIpc) is 2.38. The fourth-order valence-corrected chi connectivity index (χ4v) is 2.46. The number of hydrazine groups is 1. The second kappa shape index (κ2) is 6.16.